The van der Waals surface area contributed by atoms with Crippen LogP contribution in [-0.4, -0.2) is 23.4 Å². The van der Waals surface area contributed by atoms with Gasteiger partial charge in [-0.2, -0.15) is 0 Å². The number of halogens is 1. The van der Waals surface area contributed by atoms with E-state index in [4.69, 9.17) is 4.74 Å². The fourth-order valence-electron chi connectivity index (χ4n) is 3.76. The van der Waals surface area contributed by atoms with Crippen LogP contribution in [0.4, 0.5) is 5.69 Å². The zero-order valence-electron chi connectivity index (χ0n) is 17.5. The lowest BCUT2D eigenvalue weighted by Gasteiger charge is -2.25. The van der Waals surface area contributed by atoms with Crippen LogP contribution < -0.4 is 9.64 Å². The normalized spacial score (nSPS) is 17.6. The van der Waals surface area contributed by atoms with E-state index in [1.54, 1.807) is 42.5 Å². The highest BCUT2D eigenvalue weighted by Crippen LogP contribution is 2.42. The summed E-state index contributed by atoms with van der Waals surface area (Å²) < 4.78 is 6.57. The standard InChI is InChI=1S/C26H22BrNO4/c1-2-15-32-21-10-6-9-20(16-21)28-23(17-7-4-3-5-8-17)22(25(30)26(28)31)24(29)18-11-13-19(27)14-12-18/h3-14,16,23,29H,2,15H2,1H3/b24-22+. The molecule has 1 fully saturated rings. The molecule has 1 aliphatic rings. The Balaban J connectivity index is 1.87. The van der Waals surface area contributed by atoms with Gasteiger partial charge in [-0.05, 0) is 36.2 Å². The molecule has 4 rings (SSSR count). The number of aliphatic hydroxyl groups is 1. The summed E-state index contributed by atoms with van der Waals surface area (Å²) in [6.07, 6.45) is 0.853. The molecule has 0 radical (unpaired) electrons. The SMILES string of the molecule is CCCOc1cccc(N2C(=O)C(=O)/C(=C(/O)c3ccc(Br)cc3)C2c2ccccc2)c1. The Kier molecular flexibility index (Phi) is 6.42. The first-order valence-electron chi connectivity index (χ1n) is 10.4. The fourth-order valence-corrected chi connectivity index (χ4v) is 4.02. The van der Waals surface area contributed by atoms with Crippen LogP contribution in [0.3, 0.4) is 0 Å². The number of aliphatic hydroxyl groups excluding tert-OH is 1. The summed E-state index contributed by atoms with van der Waals surface area (Å²) in [5.41, 5.74) is 1.78. The Morgan fingerprint density at radius 1 is 1.00 bits per heavy atom. The molecule has 5 nitrogen and oxygen atoms in total. The Morgan fingerprint density at radius 2 is 1.72 bits per heavy atom. The molecule has 1 N–H and O–H groups in total. The second kappa shape index (κ2) is 9.40. The van der Waals surface area contributed by atoms with E-state index in [0.29, 0.717) is 23.6 Å². The first-order valence-corrected chi connectivity index (χ1v) is 11.1. The maximum atomic E-state index is 13.2. The second-order valence-corrected chi connectivity index (χ2v) is 8.35. The lowest BCUT2D eigenvalue weighted by Crippen LogP contribution is -2.29. The number of carbonyl (C=O) groups excluding carboxylic acids is 2. The van der Waals surface area contributed by atoms with Crippen LogP contribution in [0.5, 0.6) is 5.75 Å². The van der Waals surface area contributed by atoms with Crippen molar-refractivity contribution in [2.45, 2.75) is 19.4 Å². The number of Topliss-reactive ketones (excluding diaryl/α,β-unsaturated/α-hetero) is 1. The molecule has 0 saturated carbocycles. The molecule has 1 unspecified atom stereocenters. The van der Waals surface area contributed by atoms with Gasteiger partial charge in [-0.25, -0.2) is 0 Å². The lowest BCUT2D eigenvalue weighted by molar-refractivity contribution is -0.132. The average molecular weight is 492 g/mol. The molecular weight excluding hydrogens is 470 g/mol. The minimum absolute atomic E-state index is 0.0587. The summed E-state index contributed by atoms with van der Waals surface area (Å²) in [6.45, 7) is 2.56. The van der Waals surface area contributed by atoms with Crippen molar-refractivity contribution >= 4 is 39.1 Å². The van der Waals surface area contributed by atoms with E-state index < -0.39 is 17.7 Å². The highest BCUT2D eigenvalue weighted by molar-refractivity contribution is 9.10. The molecule has 3 aromatic carbocycles. The largest absolute Gasteiger partial charge is 0.507 e. The van der Waals surface area contributed by atoms with Crippen LogP contribution in [0.2, 0.25) is 0 Å². The third-order valence-electron chi connectivity index (χ3n) is 5.25. The van der Waals surface area contributed by atoms with Crippen molar-refractivity contribution in [3.05, 3.63) is 100 Å². The Bertz CT molecular complexity index is 1170. The van der Waals surface area contributed by atoms with Crippen molar-refractivity contribution < 1.29 is 19.4 Å². The maximum Gasteiger partial charge on any atom is 0.300 e. The summed E-state index contributed by atoms with van der Waals surface area (Å²) in [5, 5.41) is 11.1. The van der Waals surface area contributed by atoms with Gasteiger partial charge in [0.25, 0.3) is 11.7 Å². The molecule has 1 amide bonds. The number of hydrogen-bond donors (Lipinski definition) is 1. The number of benzene rings is 3. The Labute approximate surface area is 195 Å². The fraction of sp³-hybridized carbons (Fsp3) is 0.154. The number of ketones is 1. The smallest absolute Gasteiger partial charge is 0.300 e. The van der Waals surface area contributed by atoms with Crippen LogP contribution >= 0.6 is 15.9 Å². The number of nitrogens with zero attached hydrogens (tertiary/aromatic N) is 1. The van der Waals surface area contributed by atoms with Gasteiger partial charge in [0.05, 0.1) is 18.2 Å². The van der Waals surface area contributed by atoms with Gasteiger partial charge in [-0.1, -0.05) is 71.4 Å². The van der Waals surface area contributed by atoms with E-state index in [1.165, 1.54) is 4.90 Å². The van der Waals surface area contributed by atoms with E-state index in [-0.39, 0.29) is 11.3 Å². The van der Waals surface area contributed by atoms with Gasteiger partial charge in [0.2, 0.25) is 0 Å². The predicted octanol–water partition coefficient (Wildman–Crippen LogP) is 5.86. The molecule has 3 aromatic rings. The van der Waals surface area contributed by atoms with Crippen LogP contribution in [-0.2, 0) is 9.59 Å². The summed E-state index contributed by atoms with van der Waals surface area (Å²) in [4.78, 5) is 27.8. The van der Waals surface area contributed by atoms with Gasteiger partial charge in [-0.15, -0.1) is 0 Å². The number of anilines is 1. The van der Waals surface area contributed by atoms with Gasteiger partial charge in [0.15, 0.2) is 0 Å². The topological polar surface area (TPSA) is 66.8 Å². The third kappa shape index (κ3) is 4.18. The molecule has 0 spiro atoms. The van der Waals surface area contributed by atoms with E-state index in [2.05, 4.69) is 15.9 Å². The van der Waals surface area contributed by atoms with Crippen molar-refractivity contribution in [2.75, 3.05) is 11.5 Å². The van der Waals surface area contributed by atoms with Crippen LogP contribution in [0.15, 0.2) is 88.9 Å². The molecular formula is C26H22BrNO4. The summed E-state index contributed by atoms with van der Waals surface area (Å²) in [6, 6.07) is 22.5. The van der Waals surface area contributed by atoms with Crippen molar-refractivity contribution in [3.8, 4) is 5.75 Å². The van der Waals surface area contributed by atoms with Crippen molar-refractivity contribution in [2.24, 2.45) is 0 Å². The van der Waals surface area contributed by atoms with E-state index in [9.17, 15) is 14.7 Å². The summed E-state index contributed by atoms with van der Waals surface area (Å²) in [7, 11) is 0. The van der Waals surface area contributed by atoms with Gasteiger partial charge < -0.3 is 9.84 Å². The molecule has 162 valence electrons. The van der Waals surface area contributed by atoms with E-state index >= 15 is 0 Å². The van der Waals surface area contributed by atoms with E-state index in [1.807, 2.05) is 43.3 Å². The van der Waals surface area contributed by atoms with Crippen LogP contribution in [0, 0.1) is 0 Å². The molecule has 1 aliphatic heterocycles. The minimum Gasteiger partial charge on any atom is -0.507 e. The Morgan fingerprint density at radius 3 is 2.41 bits per heavy atom. The zero-order chi connectivity index (χ0) is 22.7. The van der Waals surface area contributed by atoms with Crippen LogP contribution in [0.1, 0.15) is 30.5 Å². The van der Waals surface area contributed by atoms with Crippen molar-refractivity contribution in [3.63, 3.8) is 0 Å². The number of amides is 1. The maximum absolute atomic E-state index is 13.2. The monoisotopic (exact) mass is 491 g/mol. The van der Waals surface area contributed by atoms with Gasteiger partial charge >= 0.3 is 0 Å². The van der Waals surface area contributed by atoms with Crippen LogP contribution in [0.25, 0.3) is 5.76 Å². The highest BCUT2D eigenvalue weighted by Gasteiger charge is 2.47. The average Bonchev–Trinajstić information content (AvgIpc) is 3.09. The predicted molar refractivity (Wildman–Crippen MR) is 128 cm³/mol. The van der Waals surface area contributed by atoms with Gasteiger partial charge in [-0.3, -0.25) is 14.5 Å². The quantitative estimate of drug-likeness (QED) is 0.266. The number of hydrogen-bond acceptors (Lipinski definition) is 4. The molecule has 0 aliphatic carbocycles. The number of ether oxygens (including phenoxy) is 1. The molecule has 1 saturated heterocycles. The molecule has 1 atom stereocenters. The number of rotatable bonds is 6. The van der Waals surface area contributed by atoms with Crippen molar-refractivity contribution in [1.29, 1.82) is 0 Å². The molecule has 32 heavy (non-hydrogen) atoms. The first kappa shape index (κ1) is 21.8. The third-order valence-corrected chi connectivity index (χ3v) is 5.77. The molecule has 0 aromatic heterocycles. The summed E-state index contributed by atoms with van der Waals surface area (Å²) in [5.74, 6) is -0.999. The summed E-state index contributed by atoms with van der Waals surface area (Å²) >= 11 is 3.37. The minimum atomic E-state index is -0.763. The Hall–Kier alpha value is -3.38. The van der Waals surface area contributed by atoms with Gasteiger partial charge in [0.1, 0.15) is 11.5 Å². The molecule has 6 heteroatoms. The van der Waals surface area contributed by atoms with Gasteiger partial charge in [0, 0.05) is 21.8 Å². The molecule has 1 heterocycles. The lowest BCUT2D eigenvalue weighted by atomic mass is 9.95. The first-order chi connectivity index (χ1) is 15.5. The van der Waals surface area contributed by atoms with E-state index in [0.717, 1.165) is 16.5 Å². The zero-order valence-corrected chi connectivity index (χ0v) is 19.1. The second-order valence-electron chi connectivity index (χ2n) is 7.43. The highest BCUT2D eigenvalue weighted by atomic mass is 79.9. The number of carbonyl (C=O) groups is 2. The van der Waals surface area contributed by atoms with Crippen molar-refractivity contribution in [1.82, 2.24) is 0 Å². The molecule has 0 bridgehead atoms.